The van der Waals surface area contributed by atoms with Crippen molar-refractivity contribution < 1.29 is 23.8 Å². The summed E-state index contributed by atoms with van der Waals surface area (Å²) in [5.74, 6) is 6.62. The predicted molar refractivity (Wildman–Crippen MR) is 179 cm³/mol. The van der Waals surface area contributed by atoms with Crippen molar-refractivity contribution >= 4 is 11.9 Å². The molecule has 0 heterocycles. The topological polar surface area (TPSA) is 61.8 Å². The molecule has 4 rings (SSSR count). The molecule has 5 nitrogen and oxygen atoms in total. The van der Waals surface area contributed by atoms with E-state index in [0.29, 0.717) is 40.6 Å². The Kier molecular flexibility index (Phi) is 10.4. The van der Waals surface area contributed by atoms with Gasteiger partial charge in [0.2, 0.25) is 0 Å². The average Bonchev–Trinajstić information content (AvgIpc) is 3.03. The van der Waals surface area contributed by atoms with Gasteiger partial charge in [-0.25, -0.2) is 9.59 Å². The first-order valence-electron chi connectivity index (χ1n) is 14.2. The number of hydrogen-bond donors (Lipinski definition) is 0. The Labute approximate surface area is 264 Å². The number of esters is 2. The highest BCUT2D eigenvalue weighted by Crippen LogP contribution is 2.33. The normalized spacial score (nSPS) is 10.1. The number of rotatable bonds is 10. The predicted octanol–water partition coefficient (Wildman–Crippen LogP) is 8.99. The zero-order valence-electron chi connectivity index (χ0n) is 25.7. The van der Waals surface area contributed by atoms with Gasteiger partial charge in [0, 0.05) is 27.8 Å². The number of ether oxygens (including phenoxy) is 3. The van der Waals surface area contributed by atoms with Crippen LogP contribution in [0.15, 0.2) is 140 Å². The molecule has 4 aromatic carbocycles. The molecule has 0 aliphatic heterocycles. The summed E-state index contributed by atoms with van der Waals surface area (Å²) in [6.45, 7) is 20.5. The fourth-order valence-electron chi connectivity index (χ4n) is 3.98. The molecule has 0 unspecified atom stereocenters. The van der Waals surface area contributed by atoms with Crippen LogP contribution in [0.3, 0.4) is 0 Å². The monoisotopic (exact) mass is 594 g/mol. The van der Waals surface area contributed by atoms with Crippen molar-refractivity contribution in [1.82, 2.24) is 0 Å². The Hall–Kier alpha value is -5.86. The molecule has 0 saturated carbocycles. The molecule has 0 N–H and O–H groups in total. The average molecular weight is 595 g/mol. The van der Waals surface area contributed by atoms with E-state index in [1.54, 1.807) is 44.2 Å². The number of carbonyl (C=O) groups excluding carboxylic acids is 2. The Bertz CT molecular complexity index is 1850. The molecule has 0 atom stereocenters. The third-order valence-electron chi connectivity index (χ3n) is 6.67. The molecule has 0 bridgehead atoms. The van der Waals surface area contributed by atoms with Crippen LogP contribution in [0.4, 0.5) is 0 Å². The second-order valence-corrected chi connectivity index (χ2v) is 10.6. The maximum absolute atomic E-state index is 12.4. The van der Waals surface area contributed by atoms with E-state index in [1.165, 1.54) is 0 Å². The van der Waals surface area contributed by atoms with Crippen LogP contribution < -0.4 is 9.47 Å². The SMILES string of the molecule is C=C(C)C(=C)OCc1ccc(-c2ccc(C#Cc3ccc(-c4ccc(OC(=O)C(=C)C)cc4)c(OC(=O)C(=C)C)c3)cc2)cc1. The van der Waals surface area contributed by atoms with Gasteiger partial charge >= 0.3 is 11.9 Å². The standard InChI is InChI=1S/C40H34O5/c1-26(2)29(7)43-25-32-12-17-34(18-13-32)33-15-10-30(11-16-33)8-9-31-14-23-37(38(24-31)45-40(42)28(5)6)35-19-21-36(22-20-35)44-39(41)27(3)4/h10-24H,1,3,5,7,25H2,2,4,6H3. The summed E-state index contributed by atoms with van der Waals surface area (Å²) in [7, 11) is 0. The van der Waals surface area contributed by atoms with Gasteiger partial charge in [0.05, 0.1) is 0 Å². The van der Waals surface area contributed by atoms with Crippen molar-refractivity contribution in [3.8, 4) is 45.6 Å². The van der Waals surface area contributed by atoms with Crippen LogP contribution in [0.2, 0.25) is 0 Å². The van der Waals surface area contributed by atoms with Crippen molar-refractivity contribution in [1.29, 1.82) is 0 Å². The van der Waals surface area contributed by atoms with Gasteiger partial charge in [0.25, 0.3) is 0 Å². The van der Waals surface area contributed by atoms with Crippen LogP contribution in [0.5, 0.6) is 11.5 Å². The summed E-state index contributed by atoms with van der Waals surface area (Å²) < 4.78 is 16.6. The summed E-state index contributed by atoms with van der Waals surface area (Å²) >= 11 is 0. The lowest BCUT2D eigenvalue weighted by atomic mass is 10.0. The van der Waals surface area contributed by atoms with Crippen molar-refractivity contribution in [3.63, 3.8) is 0 Å². The summed E-state index contributed by atoms with van der Waals surface area (Å²) in [5.41, 5.74) is 7.54. The largest absolute Gasteiger partial charge is 0.489 e. The van der Waals surface area contributed by atoms with E-state index in [2.05, 4.69) is 50.3 Å². The van der Waals surface area contributed by atoms with Gasteiger partial charge in [-0.2, -0.15) is 0 Å². The van der Waals surface area contributed by atoms with Crippen LogP contribution in [-0.4, -0.2) is 11.9 Å². The molecular formula is C40H34O5. The van der Waals surface area contributed by atoms with E-state index >= 15 is 0 Å². The zero-order chi connectivity index (χ0) is 32.5. The molecule has 0 spiro atoms. The maximum Gasteiger partial charge on any atom is 0.338 e. The maximum atomic E-state index is 12.4. The van der Waals surface area contributed by atoms with E-state index in [-0.39, 0.29) is 5.57 Å². The lowest BCUT2D eigenvalue weighted by Gasteiger charge is -2.12. The highest BCUT2D eigenvalue weighted by atomic mass is 16.5. The first-order valence-corrected chi connectivity index (χ1v) is 14.2. The lowest BCUT2D eigenvalue weighted by Crippen LogP contribution is -2.09. The third-order valence-corrected chi connectivity index (χ3v) is 6.67. The zero-order valence-corrected chi connectivity index (χ0v) is 25.7. The molecule has 0 amide bonds. The van der Waals surface area contributed by atoms with Gasteiger partial charge < -0.3 is 14.2 Å². The summed E-state index contributed by atoms with van der Waals surface area (Å²) in [4.78, 5) is 24.3. The van der Waals surface area contributed by atoms with Crippen LogP contribution in [0.25, 0.3) is 22.3 Å². The Morgan fingerprint density at radius 2 is 1.11 bits per heavy atom. The van der Waals surface area contributed by atoms with Gasteiger partial charge in [0.1, 0.15) is 23.9 Å². The Morgan fingerprint density at radius 3 is 1.69 bits per heavy atom. The molecule has 4 aromatic rings. The quantitative estimate of drug-likeness (QED) is 0.0458. The van der Waals surface area contributed by atoms with Crippen LogP contribution in [0.1, 0.15) is 37.5 Å². The van der Waals surface area contributed by atoms with Crippen LogP contribution in [0, 0.1) is 11.8 Å². The fourth-order valence-corrected chi connectivity index (χ4v) is 3.98. The Balaban J connectivity index is 1.51. The van der Waals surface area contributed by atoms with E-state index < -0.39 is 11.9 Å². The molecule has 0 saturated heterocycles. The molecule has 0 aromatic heterocycles. The second kappa shape index (κ2) is 14.5. The molecule has 0 fully saturated rings. The first-order chi connectivity index (χ1) is 21.5. The highest BCUT2D eigenvalue weighted by molar-refractivity contribution is 5.90. The lowest BCUT2D eigenvalue weighted by molar-refractivity contribution is -0.130. The third kappa shape index (κ3) is 8.82. The van der Waals surface area contributed by atoms with Gasteiger partial charge in [-0.1, -0.05) is 86.7 Å². The highest BCUT2D eigenvalue weighted by Gasteiger charge is 2.13. The minimum absolute atomic E-state index is 0.274. The molecule has 45 heavy (non-hydrogen) atoms. The van der Waals surface area contributed by atoms with Crippen molar-refractivity contribution in [2.24, 2.45) is 0 Å². The van der Waals surface area contributed by atoms with E-state index in [9.17, 15) is 9.59 Å². The van der Waals surface area contributed by atoms with E-state index in [4.69, 9.17) is 14.2 Å². The van der Waals surface area contributed by atoms with Crippen LogP contribution >= 0.6 is 0 Å². The van der Waals surface area contributed by atoms with Crippen molar-refractivity contribution in [2.45, 2.75) is 27.4 Å². The smallest absolute Gasteiger partial charge is 0.338 e. The summed E-state index contributed by atoms with van der Waals surface area (Å²) in [6, 6.07) is 28.5. The minimum Gasteiger partial charge on any atom is -0.489 e. The molecule has 224 valence electrons. The first kappa shape index (κ1) is 32.1. The summed E-state index contributed by atoms with van der Waals surface area (Å²) in [6.07, 6.45) is 0. The number of benzene rings is 4. The number of carbonyl (C=O) groups is 2. The minimum atomic E-state index is -0.540. The summed E-state index contributed by atoms with van der Waals surface area (Å²) in [5, 5.41) is 0. The molecule has 0 aliphatic rings. The molecule has 0 radical (unpaired) electrons. The number of hydrogen-bond acceptors (Lipinski definition) is 5. The van der Waals surface area contributed by atoms with Gasteiger partial charge in [0.15, 0.2) is 0 Å². The fraction of sp³-hybridized carbons (Fsp3) is 0.100. The van der Waals surface area contributed by atoms with Gasteiger partial charge in [-0.3, -0.25) is 0 Å². The number of allylic oxidation sites excluding steroid dienone is 1. The van der Waals surface area contributed by atoms with E-state index in [0.717, 1.165) is 33.4 Å². The molecular weight excluding hydrogens is 560 g/mol. The second-order valence-electron chi connectivity index (χ2n) is 10.6. The van der Waals surface area contributed by atoms with Crippen molar-refractivity contribution in [2.75, 3.05) is 0 Å². The van der Waals surface area contributed by atoms with E-state index in [1.807, 2.05) is 55.5 Å². The van der Waals surface area contributed by atoms with Gasteiger partial charge in [-0.15, -0.1) is 0 Å². The van der Waals surface area contributed by atoms with Crippen LogP contribution in [-0.2, 0) is 20.9 Å². The Morgan fingerprint density at radius 1 is 0.600 bits per heavy atom. The molecule has 0 aliphatic carbocycles. The van der Waals surface area contributed by atoms with Crippen molar-refractivity contribution in [3.05, 3.63) is 156 Å². The van der Waals surface area contributed by atoms with Gasteiger partial charge in [-0.05, 0) is 91.1 Å². The molecule has 5 heteroatoms.